The molecule has 7 nitrogen and oxygen atoms in total. The Morgan fingerprint density at radius 2 is 1.76 bits per heavy atom. The third-order valence-corrected chi connectivity index (χ3v) is 6.51. The molecule has 1 unspecified atom stereocenters. The molecule has 33 heavy (non-hydrogen) atoms. The van der Waals surface area contributed by atoms with Gasteiger partial charge in [0.2, 0.25) is 5.91 Å². The van der Waals surface area contributed by atoms with Crippen LogP contribution in [0.1, 0.15) is 29.3 Å². The second-order valence-electron chi connectivity index (χ2n) is 7.49. The van der Waals surface area contributed by atoms with Gasteiger partial charge < -0.3 is 5.11 Å². The summed E-state index contributed by atoms with van der Waals surface area (Å²) in [5.74, 6) is -2.58. The zero-order valence-corrected chi connectivity index (χ0v) is 19.1. The van der Waals surface area contributed by atoms with Crippen LogP contribution in [-0.4, -0.2) is 44.1 Å². The van der Waals surface area contributed by atoms with E-state index in [1.165, 1.54) is 29.2 Å². The molecule has 2 aromatic rings. The van der Waals surface area contributed by atoms with Crippen molar-refractivity contribution >= 4 is 63.8 Å². The van der Waals surface area contributed by atoms with Gasteiger partial charge in [0.15, 0.2) is 0 Å². The average molecular weight is 479 g/mol. The van der Waals surface area contributed by atoms with E-state index in [2.05, 4.69) is 0 Å². The number of hydrogen-bond donors (Lipinski definition) is 1. The highest BCUT2D eigenvalue weighted by molar-refractivity contribution is 8.26. The van der Waals surface area contributed by atoms with E-state index in [4.69, 9.17) is 17.3 Å². The number of amides is 3. The van der Waals surface area contributed by atoms with Crippen LogP contribution in [0.25, 0.3) is 6.08 Å². The minimum absolute atomic E-state index is 0.0374. The number of carbonyl (C=O) groups is 4. The maximum atomic E-state index is 13.1. The number of nitrogens with zero attached hydrogens (tertiary/aromatic N) is 2. The Labute approximate surface area is 199 Å². The molecule has 2 aliphatic rings. The normalized spacial score (nSPS) is 20.3. The summed E-state index contributed by atoms with van der Waals surface area (Å²) >= 11 is 6.46. The number of thiocarbonyl (C=S) groups is 1. The number of benzene rings is 2. The van der Waals surface area contributed by atoms with Gasteiger partial charge in [-0.05, 0) is 48.4 Å². The quantitative estimate of drug-likeness (QED) is 0.396. The van der Waals surface area contributed by atoms with Gasteiger partial charge in [0.1, 0.15) is 10.4 Å². The molecular formula is C24H18N2O5S2. The molecule has 0 aliphatic carbocycles. The third kappa shape index (κ3) is 4.50. The third-order valence-electron chi connectivity index (χ3n) is 5.18. The maximum absolute atomic E-state index is 13.1. The summed E-state index contributed by atoms with van der Waals surface area (Å²) in [6.45, 7) is 1.87. The van der Waals surface area contributed by atoms with E-state index >= 15 is 0 Å². The lowest BCUT2D eigenvalue weighted by Crippen LogP contribution is -2.44. The Kier molecular flexibility index (Phi) is 6.26. The van der Waals surface area contributed by atoms with Gasteiger partial charge in [-0.3, -0.25) is 19.3 Å². The van der Waals surface area contributed by atoms with E-state index in [0.29, 0.717) is 4.91 Å². The summed E-state index contributed by atoms with van der Waals surface area (Å²) in [5, 5.41) is 9.04. The smallest absolute Gasteiger partial charge is 0.335 e. The molecule has 2 aliphatic heterocycles. The van der Waals surface area contributed by atoms with E-state index < -0.39 is 29.7 Å². The van der Waals surface area contributed by atoms with Crippen LogP contribution in [0.3, 0.4) is 0 Å². The fourth-order valence-electron chi connectivity index (χ4n) is 3.65. The highest BCUT2D eigenvalue weighted by Gasteiger charge is 2.48. The second kappa shape index (κ2) is 9.13. The number of carboxylic acid groups (broad SMARTS) is 1. The zero-order chi connectivity index (χ0) is 23.7. The van der Waals surface area contributed by atoms with Gasteiger partial charge in [-0.15, -0.1) is 0 Å². The van der Waals surface area contributed by atoms with Crippen LogP contribution in [0.4, 0.5) is 5.69 Å². The molecule has 2 aromatic carbocycles. The van der Waals surface area contributed by atoms with Crippen LogP contribution in [0, 0.1) is 0 Å². The van der Waals surface area contributed by atoms with Crippen LogP contribution in [0.2, 0.25) is 0 Å². The lowest BCUT2D eigenvalue weighted by Gasteiger charge is -2.21. The predicted molar refractivity (Wildman–Crippen MR) is 130 cm³/mol. The van der Waals surface area contributed by atoms with Crippen molar-refractivity contribution in [2.75, 3.05) is 4.90 Å². The molecule has 2 heterocycles. The molecule has 2 saturated heterocycles. The van der Waals surface area contributed by atoms with E-state index in [-0.39, 0.29) is 22.0 Å². The van der Waals surface area contributed by atoms with Crippen molar-refractivity contribution in [3.63, 3.8) is 0 Å². The van der Waals surface area contributed by atoms with Gasteiger partial charge in [-0.1, -0.05) is 60.4 Å². The number of hydrogen-bond acceptors (Lipinski definition) is 6. The highest BCUT2D eigenvalue weighted by atomic mass is 32.2. The van der Waals surface area contributed by atoms with E-state index in [1.54, 1.807) is 6.08 Å². The molecule has 1 atom stereocenters. The standard InChI is InChI=1S/C24H18N2O5S2/c1-14(11-15-5-3-2-4-6-15)12-19-22(29)26(24(32)33-19)18-13-20(27)25(21(18)28)17-9-7-16(8-10-17)23(30)31/h2-12,18H,13H2,1H3,(H,30,31)/b14-11+,19-12-. The van der Waals surface area contributed by atoms with Crippen LogP contribution < -0.4 is 4.90 Å². The summed E-state index contributed by atoms with van der Waals surface area (Å²) < 4.78 is 0.216. The number of rotatable bonds is 5. The molecule has 3 amide bonds. The van der Waals surface area contributed by atoms with Crippen LogP contribution in [0.15, 0.2) is 71.2 Å². The van der Waals surface area contributed by atoms with Crippen molar-refractivity contribution in [2.45, 2.75) is 19.4 Å². The molecule has 0 radical (unpaired) electrons. The van der Waals surface area contributed by atoms with Crippen molar-refractivity contribution in [1.82, 2.24) is 4.90 Å². The van der Waals surface area contributed by atoms with Crippen molar-refractivity contribution in [3.05, 3.63) is 82.3 Å². The Morgan fingerprint density at radius 3 is 2.39 bits per heavy atom. The van der Waals surface area contributed by atoms with Gasteiger partial charge in [-0.2, -0.15) is 0 Å². The first-order valence-electron chi connectivity index (χ1n) is 9.97. The number of allylic oxidation sites excluding steroid dienone is 2. The van der Waals surface area contributed by atoms with Crippen LogP contribution in [-0.2, 0) is 14.4 Å². The lowest BCUT2D eigenvalue weighted by atomic mass is 10.1. The van der Waals surface area contributed by atoms with Gasteiger partial charge >= 0.3 is 5.97 Å². The molecule has 2 fully saturated rings. The number of anilines is 1. The number of thioether (sulfide) groups is 1. The van der Waals surface area contributed by atoms with Crippen molar-refractivity contribution in [1.29, 1.82) is 0 Å². The highest BCUT2D eigenvalue weighted by Crippen LogP contribution is 2.37. The molecule has 0 saturated carbocycles. The number of carboxylic acids is 1. The van der Waals surface area contributed by atoms with Gasteiger partial charge in [0.25, 0.3) is 11.8 Å². The second-order valence-corrected chi connectivity index (χ2v) is 9.17. The van der Waals surface area contributed by atoms with Crippen LogP contribution >= 0.6 is 24.0 Å². The van der Waals surface area contributed by atoms with E-state index in [1.807, 2.05) is 43.3 Å². The molecule has 1 N–H and O–H groups in total. The molecule has 9 heteroatoms. The average Bonchev–Trinajstić information content (AvgIpc) is 3.22. The SMILES string of the molecule is CC(/C=C1\SC(=S)N(C2CC(=O)N(c3ccc(C(=O)O)cc3)C2=O)C1=O)=C\c1ccccc1. The Morgan fingerprint density at radius 1 is 1.09 bits per heavy atom. The fourth-order valence-corrected chi connectivity index (χ4v) is 5.06. The Hall–Kier alpha value is -3.56. The van der Waals surface area contributed by atoms with Crippen molar-refractivity contribution in [2.24, 2.45) is 0 Å². The zero-order valence-electron chi connectivity index (χ0n) is 17.4. The minimum Gasteiger partial charge on any atom is -0.478 e. The monoisotopic (exact) mass is 478 g/mol. The van der Waals surface area contributed by atoms with E-state index in [0.717, 1.165) is 27.8 Å². The molecule has 0 spiro atoms. The largest absolute Gasteiger partial charge is 0.478 e. The lowest BCUT2D eigenvalue weighted by molar-refractivity contribution is -0.130. The number of carbonyl (C=O) groups excluding carboxylic acids is 3. The summed E-state index contributed by atoms with van der Waals surface area (Å²) in [5.41, 5.74) is 2.12. The van der Waals surface area contributed by atoms with Gasteiger partial charge in [-0.25, -0.2) is 9.69 Å². The first kappa shape index (κ1) is 22.6. The number of imide groups is 1. The van der Waals surface area contributed by atoms with Crippen molar-refractivity contribution < 1.29 is 24.3 Å². The predicted octanol–water partition coefficient (Wildman–Crippen LogP) is 3.86. The van der Waals surface area contributed by atoms with Gasteiger partial charge in [0, 0.05) is 0 Å². The van der Waals surface area contributed by atoms with E-state index in [9.17, 15) is 19.2 Å². The summed E-state index contributed by atoms with van der Waals surface area (Å²) in [6, 6.07) is 14.0. The molecule has 0 aromatic heterocycles. The molecule has 0 bridgehead atoms. The first-order chi connectivity index (χ1) is 15.8. The minimum atomic E-state index is -1.11. The van der Waals surface area contributed by atoms with Crippen molar-refractivity contribution in [3.8, 4) is 0 Å². The fraction of sp³-hybridized carbons (Fsp3) is 0.125. The summed E-state index contributed by atoms with van der Waals surface area (Å²) in [4.78, 5) is 52.4. The van der Waals surface area contributed by atoms with Crippen LogP contribution in [0.5, 0.6) is 0 Å². The Balaban J connectivity index is 1.55. The Bertz CT molecular complexity index is 1240. The molecule has 166 valence electrons. The molecule has 4 rings (SSSR count). The maximum Gasteiger partial charge on any atom is 0.335 e. The summed E-state index contributed by atoms with van der Waals surface area (Å²) in [7, 11) is 0. The molecular weight excluding hydrogens is 460 g/mol. The number of aromatic carboxylic acids is 1. The first-order valence-corrected chi connectivity index (χ1v) is 11.2. The van der Waals surface area contributed by atoms with Gasteiger partial charge in [0.05, 0.1) is 22.6 Å². The topological polar surface area (TPSA) is 95.0 Å². The summed E-state index contributed by atoms with van der Waals surface area (Å²) in [6.07, 6.45) is 3.45.